The third-order valence-corrected chi connectivity index (χ3v) is 2.05. The van der Waals surface area contributed by atoms with Crippen molar-refractivity contribution < 1.29 is 19.1 Å². The zero-order chi connectivity index (χ0) is 13.1. The highest BCUT2D eigenvalue weighted by molar-refractivity contribution is 5.78. The fourth-order valence-electron chi connectivity index (χ4n) is 1.13. The first-order valence-corrected chi connectivity index (χ1v) is 5.74. The van der Waals surface area contributed by atoms with Crippen molar-refractivity contribution in [2.24, 2.45) is 5.92 Å². The number of nitrogens with one attached hydrogen (secondary N) is 2. The van der Waals surface area contributed by atoms with E-state index in [2.05, 4.69) is 10.6 Å². The molecule has 0 aliphatic rings. The predicted octanol–water partition coefficient (Wildman–Crippen LogP) is -0.462. The highest BCUT2D eigenvalue weighted by atomic mass is 16.5. The molecule has 0 heterocycles. The van der Waals surface area contributed by atoms with Crippen molar-refractivity contribution in [3.8, 4) is 0 Å². The van der Waals surface area contributed by atoms with Gasteiger partial charge >= 0.3 is 5.97 Å². The van der Waals surface area contributed by atoms with E-state index < -0.39 is 0 Å². The van der Waals surface area contributed by atoms with E-state index in [1.165, 1.54) is 0 Å². The predicted molar refractivity (Wildman–Crippen MR) is 63.6 cm³/mol. The van der Waals surface area contributed by atoms with Crippen molar-refractivity contribution in [3.05, 3.63) is 0 Å². The van der Waals surface area contributed by atoms with Crippen LogP contribution in [0.15, 0.2) is 0 Å². The Morgan fingerprint density at radius 1 is 1.35 bits per heavy atom. The lowest BCUT2D eigenvalue weighted by Crippen LogP contribution is -2.38. The maximum absolute atomic E-state index is 11.3. The number of hydrogen-bond acceptors (Lipinski definition) is 5. The number of hydrogen-bond donors (Lipinski definition) is 2. The molecule has 0 aromatic carbocycles. The van der Waals surface area contributed by atoms with E-state index >= 15 is 0 Å². The third kappa shape index (κ3) is 8.65. The molecule has 0 aromatic heterocycles. The monoisotopic (exact) mass is 246 g/mol. The van der Waals surface area contributed by atoms with Crippen LogP contribution in [-0.2, 0) is 19.1 Å². The lowest BCUT2D eigenvalue weighted by Gasteiger charge is -2.11. The summed E-state index contributed by atoms with van der Waals surface area (Å²) >= 11 is 0. The van der Waals surface area contributed by atoms with E-state index in [0.717, 1.165) is 0 Å². The van der Waals surface area contributed by atoms with Crippen LogP contribution in [0.2, 0.25) is 0 Å². The molecule has 1 unspecified atom stereocenters. The molecule has 100 valence electrons. The second kappa shape index (κ2) is 10.0. The van der Waals surface area contributed by atoms with Gasteiger partial charge in [0.25, 0.3) is 0 Å². The molecular weight excluding hydrogens is 224 g/mol. The number of esters is 1. The molecule has 0 fully saturated rings. The molecule has 1 atom stereocenters. The molecule has 0 saturated carbocycles. The van der Waals surface area contributed by atoms with E-state index in [9.17, 15) is 9.59 Å². The summed E-state index contributed by atoms with van der Waals surface area (Å²) in [7, 11) is 1.57. The SMILES string of the molecule is CCOC(=O)C(C)CNCC(=O)NCCOC. The van der Waals surface area contributed by atoms with Crippen LogP contribution in [0.1, 0.15) is 13.8 Å². The molecule has 0 aliphatic heterocycles. The van der Waals surface area contributed by atoms with E-state index in [1.54, 1.807) is 21.0 Å². The molecule has 0 bridgehead atoms. The highest BCUT2D eigenvalue weighted by Crippen LogP contribution is 1.95. The largest absolute Gasteiger partial charge is 0.466 e. The summed E-state index contributed by atoms with van der Waals surface area (Å²) in [5, 5.41) is 5.57. The minimum atomic E-state index is -0.250. The zero-order valence-corrected chi connectivity index (χ0v) is 10.7. The summed E-state index contributed by atoms with van der Waals surface area (Å²) in [6.45, 7) is 5.50. The second-order valence-corrected chi connectivity index (χ2v) is 3.63. The number of methoxy groups -OCH3 is 1. The van der Waals surface area contributed by atoms with Crippen LogP contribution in [0.3, 0.4) is 0 Å². The Labute approximate surface area is 102 Å². The minimum Gasteiger partial charge on any atom is -0.466 e. The van der Waals surface area contributed by atoms with Gasteiger partial charge in [-0.05, 0) is 6.92 Å². The van der Waals surface area contributed by atoms with E-state index in [1.807, 2.05) is 0 Å². The first-order valence-electron chi connectivity index (χ1n) is 5.74. The summed E-state index contributed by atoms with van der Waals surface area (Å²) < 4.78 is 9.64. The molecule has 0 aliphatic carbocycles. The lowest BCUT2D eigenvalue weighted by atomic mass is 10.2. The van der Waals surface area contributed by atoms with Gasteiger partial charge in [-0.25, -0.2) is 0 Å². The summed E-state index contributed by atoms with van der Waals surface area (Å²) in [5.74, 6) is -0.611. The molecule has 6 heteroatoms. The quantitative estimate of drug-likeness (QED) is 0.425. The van der Waals surface area contributed by atoms with Crippen molar-refractivity contribution in [2.75, 3.05) is 40.0 Å². The molecule has 0 aromatic rings. The van der Waals surface area contributed by atoms with Gasteiger partial charge < -0.3 is 20.1 Å². The van der Waals surface area contributed by atoms with Crippen molar-refractivity contribution in [1.29, 1.82) is 0 Å². The molecule has 2 N–H and O–H groups in total. The van der Waals surface area contributed by atoms with Gasteiger partial charge in [0.1, 0.15) is 0 Å². The van der Waals surface area contributed by atoms with Crippen LogP contribution in [0, 0.1) is 5.92 Å². The fourth-order valence-corrected chi connectivity index (χ4v) is 1.13. The van der Waals surface area contributed by atoms with E-state index in [-0.39, 0.29) is 24.3 Å². The molecular formula is C11H22N2O4. The average molecular weight is 246 g/mol. The maximum Gasteiger partial charge on any atom is 0.309 e. The molecule has 0 rings (SSSR count). The van der Waals surface area contributed by atoms with Gasteiger partial charge in [0, 0.05) is 20.2 Å². The lowest BCUT2D eigenvalue weighted by molar-refractivity contribution is -0.147. The van der Waals surface area contributed by atoms with Crippen LogP contribution in [0.4, 0.5) is 0 Å². The van der Waals surface area contributed by atoms with Crippen molar-refractivity contribution in [3.63, 3.8) is 0 Å². The zero-order valence-electron chi connectivity index (χ0n) is 10.7. The van der Waals surface area contributed by atoms with Gasteiger partial charge in [0.2, 0.25) is 5.91 Å². The summed E-state index contributed by atoms with van der Waals surface area (Å²) in [4.78, 5) is 22.5. The van der Waals surface area contributed by atoms with Crippen molar-refractivity contribution in [1.82, 2.24) is 10.6 Å². The van der Waals surface area contributed by atoms with E-state index in [4.69, 9.17) is 9.47 Å². The normalized spacial score (nSPS) is 11.9. The minimum absolute atomic E-state index is 0.113. The first kappa shape index (κ1) is 15.9. The standard InChI is InChI=1S/C11H22N2O4/c1-4-17-11(15)9(2)7-12-8-10(14)13-5-6-16-3/h9,12H,4-8H2,1-3H3,(H,13,14). The number of amides is 1. The molecule has 0 radical (unpaired) electrons. The Morgan fingerprint density at radius 2 is 2.06 bits per heavy atom. The van der Waals surface area contributed by atoms with Gasteiger partial charge in [-0.15, -0.1) is 0 Å². The highest BCUT2D eigenvalue weighted by Gasteiger charge is 2.13. The Kier molecular flexibility index (Phi) is 9.37. The number of carbonyl (C=O) groups excluding carboxylic acids is 2. The Morgan fingerprint density at radius 3 is 2.65 bits per heavy atom. The summed E-state index contributed by atoms with van der Waals surface area (Å²) in [5.41, 5.74) is 0. The van der Waals surface area contributed by atoms with Crippen LogP contribution in [0.25, 0.3) is 0 Å². The first-order chi connectivity index (χ1) is 8.11. The van der Waals surface area contributed by atoms with Crippen LogP contribution >= 0.6 is 0 Å². The summed E-state index contributed by atoms with van der Waals surface area (Å²) in [6, 6.07) is 0. The number of rotatable bonds is 9. The fraction of sp³-hybridized carbons (Fsp3) is 0.818. The molecule has 0 saturated heterocycles. The number of ether oxygens (including phenoxy) is 2. The van der Waals surface area contributed by atoms with Crippen LogP contribution in [0.5, 0.6) is 0 Å². The smallest absolute Gasteiger partial charge is 0.309 e. The van der Waals surface area contributed by atoms with Gasteiger partial charge in [-0.1, -0.05) is 6.92 Å². The van der Waals surface area contributed by atoms with E-state index in [0.29, 0.717) is 26.3 Å². The molecule has 0 spiro atoms. The van der Waals surface area contributed by atoms with Gasteiger partial charge in [0.15, 0.2) is 0 Å². The number of carbonyl (C=O) groups is 2. The summed E-state index contributed by atoms with van der Waals surface area (Å²) in [6.07, 6.45) is 0. The van der Waals surface area contributed by atoms with Crippen LogP contribution in [-0.4, -0.2) is 51.8 Å². The third-order valence-electron chi connectivity index (χ3n) is 2.05. The maximum atomic E-state index is 11.3. The van der Waals surface area contributed by atoms with Gasteiger partial charge in [0.05, 0.1) is 25.7 Å². The molecule has 17 heavy (non-hydrogen) atoms. The molecule has 6 nitrogen and oxygen atoms in total. The Bertz CT molecular complexity index is 234. The van der Waals surface area contributed by atoms with Gasteiger partial charge in [-0.3, -0.25) is 9.59 Å². The van der Waals surface area contributed by atoms with Gasteiger partial charge in [-0.2, -0.15) is 0 Å². The van der Waals surface area contributed by atoms with Crippen molar-refractivity contribution >= 4 is 11.9 Å². The Balaban J connectivity index is 3.55. The average Bonchev–Trinajstić information content (AvgIpc) is 2.29. The second-order valence-electron chi connectivity index (χ2n) is 3.63. The topological polar surface area (TPSA) is 76.7 Å². The van der Waals surface area contributed by atoms with Crippen LogP contribution < -0.4 is 10.6 Å². The Hall–Kier alpha value is -1.14. The molecule has 1 amide bonds. The van der Waals surface area contributed by atoms with Crippen molar-refractivity contribution in [2.45, 2.75) is 13.8 Å².